The molecule has 17 heavy (non-hydrogen) atoms. The average molecular weight is 232 g/mol. The molecule has 1 saturated carbocycles. The molecule has 1 aliphatic heterocycles. The van der Waals surface area contributed by atoms with E-state index in [1.807, 2.05) is 0 Å². The molecule has 0 spiro atoms. The van der Waals surface area contributed by atoms with Crippen molar-refractivity contribution < 1.29 is 0 Å². The van der Waals surface area contributed by atoms with Crippen LogP contribution in [0.3, 0.4) is 0 Å². The summed E-state index contributed by atoms with van der Waals surface area (Å²) in [6.45, 7) is 13.0. The molecule has 0 N–H and O–H groups in total. The Morgan fingerprint density at radius 3 is 2.35 bits per heavy atom. The molecule has 1 fully saturated rings. The summed E-state index contributed by atoms with van der Waals surface area (Å²) in [5.41, 5.74) is 1.65. The van der Waals surface area contributed by atoms with Crippen molar-refractivity contribution in [2.24, 2.45) is 11.8 Å². The molecule has 0 bridgehead atoms. The Morgan fingerprint density at radius 1 is 1.24 bits per heavy atom. The van der Waals surface area contributed by atoms with Crippen LogP contribution in [0.5, 0.6) is 0 Å². The minimum Gasteiger partial charge on any atom is -0.0901 e. The summed E-state index contributed by atoms with van der Waals surface area (Å²) in [7, 11) is 0. The molecule has 1 aliphatic carbocycles. The van der Waals surface area contributed by atoms with Crippen LogP contribution in [0.1, 0.15) is 60.3 Å². The maximum atomic E-state index is 2.63. The van der Waals surface area contributed by atoms with Crippen LogP contribution in [-0.2, 0) is 0 Å². The minimum absolute atomic E-state index is 0.488. The lowest BCUT2D eigenvalue weighted by Crippen LogP contribution is -2.35. The van der Waals surface area contributed by atoms with Crippen LogP contribution < -0.4 is 0 Å². The van der Waals surface area contributed by atoms with Gasteiger partial charge in [0.2, 0.25) is 0 Å². The lowest BCUT2D eigenvalue weighted by atomic mass is 9.25. The van der Waals surface area contributed by atoms with Crippen molar-refractivity contribution in [2.75, 3.05) is 0 Å². The van der Waals surface area contributed by atoms with Gasteiger partial charge in [0.25, 0.3) is 0 Å². The second kappa shape index (κ2) is 4.82. The van der Waals surface area contributed by atoms with Gasteiger partial charge in [-0.05, 0) is 24.6 Å². The second-order valence-corrected chi connectivity index (χ2v) is 7.42. The van der Waals surface area contributed by atoms with Crippen molar-refractivity contribution in [3.63, 3.8) is 0 Å². The summed E-state index contributed by atoms with van der Waals surface area (Å²) < 4.78 is 0. The lowest BCUT2D eigenvalue weighted by molar-refractivity contribution is 0.447. The summed E-state index contributed by atoms with van der Waals surface area (Å²) in [4.78, 5) is 0. The second-order valence-electron chi connectivity index (χ2n) is 7.42. The highest BCUT2D eigenvalue weighted by atomic mass is 14.3. The Bertz CT molecular complexity index is 295. The summed E-state index contributed by atoms with van der Waals surface area (Å²) in [6.07, 6.45) is 9.90. The highest BCUT2D eigenvalue weighted by Gasteiger charge is 2.45. The third-order valence-electron chi connectivity index (χ3n) is 5.87. The van der Waals surface area contributed by atoms with Crippen LogP contribution in [-0.4, -0.2) is 6.71 Å². The van der Waals surface area contributed by atoms with Crippen molar-refractivity contribution in [3.05, 3.63) is 11.6 Å². The van der Waals surface area contributed by atoms with Crippen LogP contribution in [0.2, 0.25) is 17.5 Å². The highest BCUT2D eigenvalue weighted by Crippen LogP contribution is 2.53. The maximum Gasteiger partial charge on any atom is 0.157 e. The smallest absolute Gasteiger partial charge is 0.0901 e. The van der Waals surface area contributed by atoms with E-state index in [1.165, 1.54) is 32.0 Å². The molecule has 1 heterocycles. The van der Waals surface area contributed by atoms with E-state index < -0.39 is 0 Å². The topological polar surface area (TPSA) is 0 Å². The Kier molecular flexibility index (Phi) is 3.76. The summed E-state index contributed by atoms with van der Waals surface area (Å²) in [6, 6.07) is 0. The largest absolute Gasteiger partial charge is 0.157 e. The molecule has 0 aromatic rings. The number of allylic oxidation sites excluding steroid dienone is 2. The molecule has 0 aromatic heterocycles. The van der Waals surface area contributed by atoms with Gasteiger partial charge in [0.1, 0.15) is 0 Å². The SMILES string of the molecule is CC1=CC(C2CCCC2)B(C(C)(C)C(C)C)C1. The normalized spacial score (nSPS) is 27.1. The monoisotopic (exact) mass is 232 g/mol. The zero-order valence-electron chi connectivity index (χ0n) is 12.4. The molecule has 1 heteroatoms. The van der Waals surface area contributed by atoms with Crippen LogP contribution in [0.15, 0.2) is 11.6 Å². The van der Waals surface area contributed by atoms with Crippen molar-refractivity contribution >= 4 is 6.71 Å². The predicted octanol–water partition coefficient (Wildman–Crippen LogP) is 5.44. The van der Waals surface area contributed by atoms with Crippen LogP contribution in [0.4, 0.5) is 0 Å². The predicted molar refractivity (Wildman–Crippen MR) is 78.9 cm³/mol. The zero-order chi connectivity index (χ0) is 12.6. The highest BCUT2D eigenvalue weighted by molar-refractivity contribution is 6.66. The van der Waals surface area contributed by atoms with Crippen molar-refractivity contribution in [1.82, 2.24) is 0 Å². The molecule has 0 aromatic carbocycles. The average Bonchev–Trinajstić information content (AvgIpc) is 2.84. The molecular formula is C16H29B. The van der Waals surface area contributed by atoms with E-state index in [-0.39, 0.29) is 0 Å². The summed E-state index contributed by atoms with van der Waals surface area (Å²) >= 11 is 0. The van der Waals surface area contributed by atoms with Gasteiger partial charge in [-0.2, -0.15) is 0 Å². The van der Waals surface area contributed by atoms with Crippen LogP contribution in [0.25, 0.3) is 0 Å². The molecule has 1 unspecified atom stereocenters. The molecular weight excluding hydrogens is 203 g/mol. The number of hydrogen-bond donors (Lipinski definition) is 0. The Balaban J connectivity index is 2.16. The van der Waals surface area contributed by atoms with Crippen molar-refractivity contribution in [1.29, 1.82) is 0 Å². The minimum atomic E-state index is 0.488. The van der Waals surface area contributed by atoms with Crippen molar-refractivity contribution in [3.8, 4) is 0 Å². The van der Waals surface area contributed by atoms with Crippen molar-refractivity contribution in [2.45, 2.75) is 77.8 Å². The van der Waals surface area contributed by atoms with Gasteiger partial charge in [-0.25, -0.2) is 0 Å². The molecule has 0 radical (unpaired) electrons. The fourth-order valence-electron chi connectivity index (χ4n) is 3.99. The first-order valence-electron chi connectivity index (χ1n) is 7.60. The van der Waals surface area contributed by atoms with E-state index in [0.717, 1.165) is 24.4 Å². The Labute approximate surface area is 108 Å². The molecule has 0 nitrogen and oxygen atoms in total. The summed E-state index contributed by atoms with van der Waals surface area (Å²) in [5.74, 6) is 2.67. The van der Waals surface area contributed by atoms with Gasteiger partial charge in [0, 0.05) is 0 Å². The van der Waals surface area contributed by atoms with E-state index in [2.05, 4.69) is 40.7 Å². The Morgan fingerprint density at radius 2 is 1.82 bits per heavy atom. The quantitative estimate of drug-likeness (QED) is 0.449. The first kappa shape index (κ1) is 13.2. The zero-order valence-corrected chi connectivity index (χ0v) is 12.4. The van der Waals surface area contributed by atoms with E-state index >= 15 is 0 Å². The van der Waals surface area contributed by atoms with Crippen LogP contribution in [0, 0.1) is 11.8 Å². The number of rotatable bonds is 3. The fraction of sp³-hybridized carbons (Fsp3) is 0.875. The van der Waals surface area contributed by atoms with E-state index in [4.69, 9.17) is 0 Å². The summed E-state index contributed by atoms with van der Waals surface area (Å²) in [5, 5.41) is 0.488. The third kappa shape index (κ3) is 2.49. The molecule has 2 aliphatic rings. The molecule has 2 rings (SSSR count). The van der Waals surface area contributed by atoms with Gasteiger partial charge in [-0.15, -0.1) is 0 Å². The first-order chi connectivity index (χ1) is 7.93. The van der Waals surface area contributed by atoms with Gasteiger partial charge >= 0.3 is 0 Å². The molecule has 0 amide bonds. The van der Waals surface area contributed by atoms with Gasteiger partial charge in [0.15, 0.2) is 6.71 Å². The van der Waals surface area contributed by atoms with E-state index in [1.54, 1.807) is 5.57 Å². The van der Waals surface area contributed by atoms with E-state index in [9.17, 15) is 0 Å². The van der Waals surface area contributed by atoms with Gasteiger partial charge in [-0.3, -0.25) is 0 Å². The molecule has 96 valence electrons. The standard InChI is InChI=1S/C16H29B/c1-12(2)16(4,5)17-11-13(3)10-15(17)14-8-6-7-9-14/h10,12,14-15H,6-9,11H2,1-5H3. The Hall–Kier alpha value is -0.195. The maximum absolute atomic E-state index is 2.63. The fourth-order valence-corrected chi connectivity index (χ4v) is 3.99. The lowest BCUT2D eigenvalue weighted by Gasteiger charge is -2.39. The molecule has 0 saturated heterocycles. The molecule has 1 atom stereocenters. The van der Waals surface area contributed by atoms with Crippen LogP contribution >= 0.6 is 0 Å². The van der Waals surface area contributed by atoms with Gasteiger partial charge in [-0.1, -0.05) is 76.7 Å². The van der Waals surface area contributed by atoms with Gasteiger partial charge < -0.3 is 0 Å². The van der Waals surface area contributed by atoms with Gasteiger partial charge in [0.05, 0.1) is 0 Å². The number of hydrogen-bond acceptors (Lipinski definition) is 0. The van der Waals surface area contributed by atoms with E-state index in [0.29, 0.717) is 5.31 Å². The third-order valence-corrected chi connectivity index (χ3v) is 5.87. The first-order valence-corrected chi connectivity index (χ1v) is 7.60.